The van der Waals surface area contributed by atoms with Gasteiger partial charge in [-0.15, -0.1) is 0 Å². The monoisotopic (exact) mass is 294 g/mol. The molecule has 1 rings (SSSR count). The predicted octanol–water partition coefficient (Wildman–Crippen LogP) is 1.94. The largest absolute Gasteiger partial charge is 0.480 e. The lowest BCUT2D eigenvalue weighted by molar-refractivity contribution is -0.139. The van der Waals surface area contributed by atoms with Crippen molar-refractivity contribution in [3.05, 3.63) is 29.8 Å². The molecule has 1 unspecified atom stereocenters. The number of aliphatic hydroxyl groups is 1. The second-order valence-corrected chi connectivity index (χ2v) is 5.80. The topological polar surface area (TPSA) is 98.7 Å². The SMILES string of the molecule is CC(C)(C)c1ccccc1NC(=O)NC(CCO)C(=O)O. The number of anilines is 1. The van der Waals surface area contributed by atoms with Gasteiger partial charge in [-0.05, 0) is 17.0 Å². The maximum Gasteiger partial charge on any atom is 0.326 e. The van der Waals surface area contributed by atoms with E-state index in [1.54, 1.807) is 12.1 Å². The highest BCUT2D eigenvalue weighted by Gasteiger charge is 2.21. The summed E-state index contributed by atoms with van der Waals surface area (Å²) in [6.07, 6.45) is -0.0380. The Bertz CT molecular complexity index is 509. The van der Waals surface area contributed by atoms with Crippen molar-refractivity contribution in [2.45, 2.75) is 38.6 Å². The summed E-state index contributed by atoms with van der Waals surface area (Å²) in [6.45, 7) is 5.77. The third kappa shape index (κ3) is 5.07. The number of carboxylic acids is 1. The van der Waals surface area contributed by atoms with E-state index in [-0.39, 0.29) is 18.4 Å². The molecule has 1 aromatic rings. The highest BCUT2D eigenvalue weighted by atomic mass is 16.4. The van der Waals surface area contributed by atoms with Gasteiger partial charge in [0, 0.05) is 18.7 Å². The van der Waals surface area contributed by atoms with Crippen LogP contribution in [0.2, 0.25) is 0 Å². The molecule has 0 aliphatic rings. The van der Waals surface area contributed by atoms with E-state index in [2.05, 4.69) is 10.6 Å². The third-order valence-corrected chi connectivity index (χ3v) is 3.00. The molecule has 4 N–H and O–H groups in total. The van der Waals surface area contributed by atoms with Gasteiger partial charge in [-0.1, -0.05) is 39.0 Å². The summed E-state index contributed by atoms with van der Waals surface area (Å²) in [5.74, 6) is -1.18. The molecule has 0 bridgehead atoms. The van der Waals surface area contributed by atoms with E-state index in [9.17, 15) is 9.59 Å². The van der Waals surface area contributed by atoms with E-state index in [0.717, 1.165) is 5.56 Å². The van der Waals surface area contributed by atoms with Gasteiger partial charge in [0.05, 0.1) is 0 Å². The summed E-state index contributed by atoms with van der Waals surface area (Å²) < 4.78 is 0. The average Bonchev–Trinajstić information content (AvgIpc) is 2.37. The van der Waals surface area contributed by atoms with Crippen molar-refractivity contribution in [1.82, 2.24) is 5.32 Å². The number of nitrogens with one attached hydrogen (secondary N) is 2. The molecular weight excluding hydrogens is 272 g/mol. The van der Waals surface area contributed by atoms with Crippen LogP contribution in [-0.2, 0) is 10.2 Å². The molecule has 0 fully saturated rings. The van der Waals surface area contributed by atoms with Crippen LogP contribution in [0.1, 0.15) is 32.8 Å². The van der Waals surface area contributed by atoms with Crippen LogP contribution in [0.5, 0.6) is 0 Å². The number of aliphatic hydroxyl groups excluding tert-OH is 1. The number of carbonyl (C=O) groups excluding carboxylic acids is 1. The van der Waals surface area contributed by atoms with E-state index >= 15 is 0 Å². The van der Waals surface area contributed by atoms with Gasteiger partial charge in [0.2, 0.25) is 0 Å². The van der Waals surface area contributed by atoms with Gasteiger partial charge in [0.25, 0.3) is 0 Å². The number of hydrogen-bond acceptors (Lipinski definition) is 3. The fourth-order valence-corrected chi connectivity index (χ4v) is 1.95. The molecule has 21 heavy (non-hydrogen) atoms. The first-order chi connectivity index (χ1) is 9.75. The van der Waals surface area contributed by atoms with Gasteiger partial charge in [0.15, 0.2) is 0 Å². The second-order valence-electron chi connectivity index (χ2n) is 5.80. The van der Waals surface area contributed by atoms with E-state index in [1.807, 2.05) is 32.9 Å². The molecule has 0 heterocycles. The van der Waals surface area contributed by atoms with Crippen LogP contribution in [0.15, 0.2) is 24.3 Å². The summed E-state index contributed by atoms with van der Waals surface area (Å²) in [5.41, 5.74) is 1.44. The Hall–Kier alpha value is -2.08. The van der Waals surface area contributed by atoms with Crippen molar-refractivity contribution in [2.75, 3.05) is 11.9 Å². The molecule has 0 saturated carbocycles. The smallest absolute Gasteiger partial charge is 0.326 e. The Morgan fingerprint density at radius 1 is 1.24 bits per heavy atom. The van der Waals surface area contributed by atoms with Gasteiger partial charge in [-0.3, -0.25) is 0 Å². The molecule has 0 saturated heterocycles. The molecule has 0 spiro atoms. The van der Waals surface area contributed by atoms with E-state index < -0.39 is 18.0 Å². The minimum Gasteiger partial charge on any atom is -0.480 e. The van der Waals surface area contributed by atoms with Crippen LogP contribution in [0.4, 0.5) is 10.5 Å². The normalized spacial score (nSPS) is 12.6. The molecule has 0 aromatic heterocycles. The van der Waals surface area contributed by atoms with Gasteiger partial charge in [-0.25, -0.2) is 9.59 Å². The van der Waals surface area contributed by atoms with Crippen molar-refractivity contribution in [3.8, 4) is 0 Å². The van der Waals surface area contributed by atoms with Crippen molar-refractivity contribution in [2.24, 2.45) is 0 Å². The number of hydrogen-bond donors (Lipinski definition) is 4. The summed E-state index contributed by atoms with van der Waals surface area (Å²) in [6, 6.07) is 5.65. The average molecular weight is 294 g/mol. The van der Waals surface area contributed by atoms with Gasteiger partial charge in [0.1, 0.15) is 6.04 Å². The van der Waals surface area contributed by atoms with Crippen molar-refractivity contribution >= 4 is 17.7 Å². The first-order valence-electron chi connectivity index (χ1n) is 6.76. The Balaban J connectivity index is 2.82. The number of carbonyl (C=O) groups is 2. The fourth-order valence-electron chi connectivity index (χ4n) is 1.95. The predicted molar refractivity (Wildman–Crippen MR) is 80.4 cm³/mol. The van der Waals surface area contributed by atoms with Gasteiger partial charge >= 0.3 is 12.0 Å². The number of urea groups is 1. The minimum atomic E-state index is -1.18. The van der Waals surface area contributed by atoms with E-state index in [1.165, 1.54) is 0 Å². The maximum atomic E-state index is 11.9. The number of benzene rings is 1. The number of rotatable bonds is 5. The van der Waals surface area contributed by atoms with E-state index in [0.29, 0.717) is 5.69 Å². The Morgan fingerprint density at radius 3 is 2.38 bits per heavy atom. The summed E-state index contributed by atoms with van der Waals surface area (Å²) in [7, 11) is 0. The van der Waals surface area contributed by atoms with Crippen LogP contribution < -0.4 is 10.6 Å². The maximum absolute atomic E-state index is 11.9. The first kappa shape index (κ1) is 17.0. The molecule has 0 aliphatic carbocycles. The lowest BCUT2D eigenvalue weighted by Gasteiger charge is -2.23. The molecule has 116 valence electrons. The first-order valence-corrected chi connectivity index (χ1v) is 6.76. The van der Waals surface area contributed by atoms with Crippen LogP contribution >= 0.6 is 0 Å². The van der Waals surface area contributed by atoms with Crippen LogP contribution in [0.25, 0.3) is 0 Å². The zero-order valence-corrected chi connectivity index (χ0v) is 12.5. The number of aliphatic carboxylic acids is 1. The second kappa shape index (κ2) is 7.08. The summed E-state index contributed by atoms with van der Waals surface area (Å²) in [4.78, 5) is 22.9. The van der Waals surface area contributed by atoms with Gasteiger partial charge < -0.3 is 20.8 Å². The molecule has 6 heteroatoms. The van der Waals surface area contributed by atoms with Crippen molar-refractivity contribution in [1.29, 1.82) is 0 Å². The number of amides is 2. The number of carboxylic acid groups (broad SMARTS) is 1. The Kier molecular flexibility index (Phi) is 5.72. The highest BCUT2D eigenvalue weighted by Crippen LogP contribution is 2.29. The molecule has 2 amide bonds. The minimum absolute atomic E-state index is 0.0380. The molecule has 1 atom stereocenters. The van der Waals surface area contributed by atoms with Crippen molar-refractivity contribution in [3.63, 3.8) is 0 Å². The van der Waals surface area contributed by atoms with E-state index in [4.69, 9.17) is 10.2 Å². The zero-order chi connectivity index (χ0) is 16.0. The van der Waals surface area contributed by atoms with Gasteiger partial charge in [-0.2, -0.15) is 0 Å². The Labute approximate surface area is 124 Å². The molecular formula is C15H22N2O4. The molecule has 0 radical (unpaired) electrons. The summed E-state index contributed by atoms with van der Waals surface area (Å²) >= 11 is 0. The molecule has 6 nitrogen and oxygen atoms in total. The lowest BCUT2D eigenvalue weighted by Crippen LogP contribution is -2.43. The van der Waals surface area contributed by atoms with Crippen molar-refractivity contribution < 1.29 is 19.8 Å². The zero-order valence-electron chi connectivity index (χ0n) is 12.5. The summed E-state index contributed by atoms with van der Waals surface area (Å²) in [5, 5.41) is 22.8. The number of para-hydroxylation sites is 1. The van der Waals surface area contributed by atoms with Crippen LogP contribution in [0, 0.1) is 0 Å². The Morgan fingerprint density at radius 2 is 1.86 bits per heavy atom. The van der Waals surface area contributed by atoms with Crippen LogP contribution in [0.3, 0.4) is 0 Å². The quantitative estimate of drug-likeness (QED) is 0.667. The standard InChI is InChI=1S/C15H22N2O4/c1-15(2,3)10-6-4-5-7-11(10)16-14(21)17-12(8-9-18)13(19)20/h4-7,12,18H,8-9H2,1-3H3,(H,19,20)(H2,16,17,21). The lowest BCUT2D eigenvalue weighted by atomic mass is 9.86. The van der Waals surface area contributed by atoms with Crippen LogP contribution in [-0.4, -0.2) is 34.9 Å². The third-order valence-electron chi connectivity index (χ3n) is 3.00. The highest BCUT2D eigenvalue weighted by molar-refractivity contribution is 5.93. The molecule has 1 aromatic carbocycles. The molecule has 0 aliphatic heterocycles. The fraction of sp³-hybridized carbons (Fsp3) is 0.467.